The summed E-state index contributed by atoms with van der Waals surface area (Å²) in [6.07, 6.45) is -1.69. The lowest BCUT2D eigenvalue weighted by Crippen LogP contribution is -2.34. The number of rotatable bonds is 3. The maximum Gasteiger partial charge on any atom is 0.416 e. The molecule has 3 aromatic rings. The van der Waals surface area contributed by atoms with Crippen molar-refractivity contribution >= 4 is 10.9 Å². The highest BCUT2D eigenvalue weighted by atomic mass is 19.4. The Bertz CT molecular complexity index is 853. The number of fused-ring (bicyclic) bond motifs is 1. The quantitative estimate of drug-likeness (QED) is 0.685. The van der Waals surface area contributed by atoms with E-state index in [2.05, 4.69) is 4.98 Å². The Morgan fingerprint density at radius 2 is 1.67 bits per heavy atom. The van der Waals surface area contributed by atoms with Gasteiger partial charge in [-0.2, -0.15) is 13.2 Å². The average Bonchev–Trinajstić information content (AvgIpc) is 2.88. The Labute approximate surface area is 138 Å². The minimum atomic E-state index is -4.32. The molecule has 3 rings (SSSR count). The van der Waals surface area contributed by atoms with Crippen LogP contribution in [0.2, 0.25) is 0 Å². The van der Waals surface area contributed by atoms with Crippen LogP contribution in [0.15, 0.2) is 48.7 Å². The van der Waals surface area contributed by atoms with Gasteiger partial charge in [-0.25, -0.2) is 0 Å². The minimum absolute atomic E-state index is 0.334. The van der Waals surface area contributed by atoms with Crippen LogP contribution in [-0.2, 0) is 12.6 Å². The topological polar surface area (TPSA) is 41.8 Å². The van der Waals surface area contributed by atoms with Crippen molar-refractivity contribution in [3.8, 4) is 11.1 Å². The molecule has 0 bridgehead atoms. The third-order valence-electron chi connectivity index (χ3n) is 3.97. The SMILES string of the molecule is CC(C)(N)Cc1c[nH]c2c(-c3ccc(C(F)(F)F)cc3)cccc12. The molecule has 2 nitrogen and oxygen atoms in total. The van der Waals surface area contributed by atoms with Crippen LogP contribution in [0.3, 0.4) is 0 Å². The first-order valence-corrected chi connectivity index (χ1v) is 7.71. The van der Waals surface area contributed by atoms with Gasteiger partial charge in [-0.1, -0.05) is 30.3 Å². The van der Waals surface area contributed by atoms with E-state index in [1.165, 1.54) is 12.1 Å². The highest BCUT2D eigenvalue weighted by Gasteiger charge is 2.30. The van der Waals surface area contributed by atoms with Crippen LogP contribution in [-0.4, -0.2) is 10.5 Å². The van der Waals surface area contributed by atoms with E-state index in [-0.39, 0.29) is 5.54 Å². The van der Waals surface area contributed by atoms with Crippen molar-refractivity contribution in [3.05, 3.63) is 59.8 Å². The molecule has 0 unspecified atom stereocenters. The Balaban J connectivity index is 2.04. The molecule has 0 amide bonds. The number of hydrogen-bond acceptors (Lipinski definition) is 1. The Hall–Kier alpha value is -2.27. The summed E-state index contributed by atoms with van der Waals surface area (Å²) in [5.41, 5.74) is 8.76. The zero-order chi connectivity index (χ0) is 17.5. The van der Waals surface area contributed by atoms with Crippen molar-refractivity contribution in [1.29, 1.82) is 0 Å². The highest BCUT2D eigenvalue weighted by Crippen LogP contribution is 2.34. The predicted octanol–water partition coefficient (Wildman–Crippen LogP) is 5.13. The lowest BCUT2D eigenvalue weighted by atomic mass is 9.94. The van der Waals surface area contributed by atoms with Gasteiger partial charge >= 0.3 is 6.18 Å². The molecule has 0 atom stereocenters. The molecule has 0 aliphatic carbocycles. The van der Waals surface area contributed by atoms with Gasteiger partial charge < -0.3 is 10.7 Å². The van der Waals surface area contributed by atoms with Crippen LogP contribution in [0.4, 0.5) is 13.2 Å². The largest absolute Gasteiger partial charge is 0.416 e. The van der Waals surface area contributed by atoms with Gasteiger partial charge in [0.1, 0.15) is 0 Å². The maximum atomic E-state index is 12.7. The molecule has 126 valence electrons. The predicted molar refractivity (Wildman–Crippen MR) is 90.7 cm³/mol. The van der Waals surface area contributed by atoms with Gasteiger partial charge in [0.2, 0.25) is 0 Å². The van der Waals surface area contributed by atoms with E-state index in [9.17, 15) is 13.2 Å². The van der Waals surface area contributed by atoms with E-state index in [4.69, 9.17) is 5.73 Å². The van der Waals surface area contributed by atoms with E-state index < -0.39 is 11.7 Å². The van der Waals surface area contributed by atoms with Gasteiger partial charge in [0, 0.05) is 22.7 Å². The third-order valence-corrected chi connectivity index (χ3v) is 3.97. The maximum absolute atomic E-state index is 12.7. The summed E-state index contributed by atoms with van der Waals surface area (Å²) in [7, 11) is 0. The van der Waals surface area contributed by atoms with Crippen molar-refractivity contribution in [2.24, 2.45) is 5.73 Å². The van der Waals surface area contributed by atoms with Gasteiger partial charge in [-0.05, 0) is 43.5 Å². The average molecular weight is 332 g/mol. The molecular formula is C19H19F3N2. The molecule has 24 heavy (non-hydrogen) atoms. The number of benzene rings is 2. The molecule has 0 radical (unpaired) electrons. The first kappa shape index (κ1) is 16.6. The molecule has 2 aromatic carbocycles. The van der Waals surface area contributed by atoms with E-state index in [1.54, 1.807) is 0 Å². The van der Waals surface area contributed by atoms with Crippen molar-refractivity contribution in [1.82, 2.24) is 4.98 Å². The third kappa shape index (κ3) is 3.31. The molecule has 1 aromatic heterocycles. The fraction of sp³-hybridized carbons (Fsp3) is 0.263. The summed E-state index contributed by atoms with van der Waals surface area (Å²) in [6.45, 7) is 3.93. The minimum Gasteiger partial charge on any atom is -0.360 e. The Morgan fingerprint density at radius 1 is 1.00 bits per heavy atom. The molecule has 0 fully saturated rings. The number of halogens is 3. The lowest BCUT2D eigenvalue weighted by molar-refractivity contribution is -0.137. The molecule has 0 saturated heterocycles. The van der Waals surface area contributed by atoms with E-state index in [1.807, 2.05) is 38.2 Å². The second-order valence-corrected chi connectivity index (χ2v) is 6.78. The first-order valence-electron chi connectivity index (χ1n) is 7.71. The van der Waals surface area contributed by atoms with Crippen LogP contribution in [0.25, 0.3) is 22.0 Å². The number of nitrogens with one attached hydrogen (secondary N) is 1. The Kier molecular flexibility index (Phi) is 3.92. The van der Waals surface area contributed by atoms with E-state index >= 15 is 0 Å². The molecular weight excluding hydrogens is 313 g/mol. The standard InChI is InChI=1S/C19H19F3N2/c1-18(2,23)10-13-11-24-17-15(4-3-5-16(13)17)12-6-8-14(9-7-12)19(20,21)22/h3-9,11,24H,10,23H2,1-2H3. The summed E-state index contributed by atoms with van der Waals surface area (Å²) in [5.74, 6) is 0. The monoisotopic (exact) mass is 332 g/mol. The molecule has 0 saturated carbocycles. The van der Waals surface area contributed by atoms with Gasteiger partial charge in [-0.15, -0.1) is 0 Å². The molecule has 0 spiro atoms. The smallest absolute Gasteiger partial charge is 0.360 e. The highest BCUT2D eigenvalue weighted by molar-refractivity contribution is 5.96. The van der Waals surface area contributed by atoms with E-state index in [0.717, 1.165) is 39.7 Å². The number of nitrogens with two attached hydrogens (primary N) is 1. The zero-order valence-corrected chi connectivity index (χ0v) is 13.5. The van der Waals surface area contributed by atoms with Crippen LogP contribution >= 0.6 is 0 Å². The number of alkyl halides is 3. The van der Waals surface area contributed by atoms with E-state index in [0.29, 0.717) is 6.42 Å². The summed E-state index contributed by atoms with van der Waals surface area (Å²) in [4.78, 5) is 3.24. The van der Waals surface area contributed by atoms with Crippen LogP contribution in [0, 0.1) is 0 Å². The van der Waals surface area contributed by atoms with Crippen LogP contribution < -0.4 is 5.73 Å². The summed E-state index contributed by atoms with van der Waals surface area (Å²) < 4.78 is 38.2. The first-order chi connectivity index (χ1) is 11.1. The van der Waals surface area contributed by atoms with Crippen LogP contribution in [0.1, 0.15) is 25.0 Å². The van der Waals surface area contributed by atoms with Gasteiger partial charge in [0.05, 0.1) is 11.1 Å². The second kappa shape index (κ2) is 5.67. The number of para-hydroxylation sites is 1. The van der Waals surface area contributed by atoms with Gasteiger partial charge in [-0.3, -0.25) is 0 Å². The number of H-pyrrole nitrogens is 1. The van der Waals surface area contributed by atoms with Gasteiger partial charge in [0.15, 0.2) is 0 Å². The van der Waals surface area contributed by atoms with Crippen LogP contribution in [0.5, 0.6) is 0 Å². The molecule has 3 N–H and O–H groups in total. The van der Waals surface area contributed by atoms with Crippen molar-refractivity contribution in [2.75, 3.05) is 0 Å². The van der Waals surface area contributed by atoms with Gasteiger partial charge in [0.25, 0.3) is 0 Å². The molecule has 0 aliphatic heterocycles. The molecule has 5 heteroatoms. The molecule has 1 heterocycles. The second-order valence-electron chi connectivity index (χ2n) is 6.78. The van der Waals surface area contributed by atoms with Crippen molar-refractivity contribution in [3.63, 3.8) is 0 Å². The Morgan fingerprint density at radius 3 is 2.25 bits per heavy atom. The zero-order valence-electron chi connectivity index (χ0n) is 13.5. The summed E-state index contributed by atoms with van der Waals surface area (Å²) in [6, 6.07) is 11.0. The summed E-state index contributed by atoms with van der Waals surface area (Å²) in [5, 5.41) is 1.05. The summed E-state index contributed by atoms with van der Waals surface area (Å²) >= 11 is 0. The number of hydrogen-bond donors (Lipinski definition) is 2. The normalized spacial score (nSPS) is 12.8. The lowest BCUT2D eigenvalue weighted by Gasteiger charge is -2.17. The number of aromatic amines is 1. The fourth-order valence-corrected chi connectivity index (χ4v) is 2.93. The number of aromatic nitrogens is 1. The van der Waals surface area contributed by atoms with Crippen molar-refractivity contribution < 1.29 is 13.2 Å². The van der Waals surface area contributed by atoms with Crippen molar-refractivity contribution in [2.45, 2.75) is 32.0 Å². The molecule has 0 aliphatic rings. The fourth-order valence-electron chi connectivity index (χ4n) is 2.93.